The van der Waals surface area contributed by atoms with Gasteiger partial charge >= 0.3 is 0 Å². The van der Waals surface area contributed by atoms with E-state index in [9.17, 15) is 5.11 Å². The molecule has 1 N–H and O–H groups in total. The predicted molar refractivity (Wildman–Crippen MR) is 54.2 cm³/mol. The molecule has 0 radical (unpaired) electrons. The Hall–Kier alpha value is -1.40. The second kappa shape index (κ2) is 3.39. The number of hydrogen-bond donors (Lipinski definition) is 1. The van der Waals surface area contributed by atoms with Crippen LogP contribution in [0.5, 0.6) is 0 Å². The first-order chi connectivity index (χ1) is 6.42. The Morgan fingerprint density at radius 3 is 2.14 bits per heavy atom. The lowest BCUT2D eigenvalue weighted by Crippen LogP contribution is -2.38. The highest BCUT2D eigenvalue weighted by molar-refractivity contribution is 5.28. The lowest BCUT2D eigenvalue weighted by atomic mass is 9.73. The normalized spacial score (nSPS) is 15.6. The zero-order chi connectivity index (χ0) is 10.8. The first-order valence-electron chi connectivity index (χ1n) is 4.37. The van der Waals surface area contributed by atoms with Crippen molar-refractivity contribution in [3.63, 3.8) is 0 Å². The number of aromatic nitrogens is 2. The number of hydrogen-bond acceptors (Lipinski definition) is 3. The molecular weight excluding hydrogens is 176 g/mol. The van der Waals surface area contributed by atoms with E-state index >= 15 is 0 Å². The minimum absolute atomic E-state index is 0.452. The lowest BCUT2D eigenvalue weighted by Gasteiger charge is -2.35. The molecule has 0 spiro atoms. The van der Waals surface area contributed by atoms with Gasteiger partial charge in [0, 0.05) is 23.4 Å². The van der Waals surface area contributed by atoms with Crippen LogP contribution in [-0.2, 0) is 5.60 Å². The summed E-state index contributed by atoms with van der Waals surface area (Å²) in [5.41, 5.74) is -1.23. The van der Waals surface area contributed by atoms with Crippen LogP contribution in [0.15, 0.2) is 18.7 Å². The lowest BCUT2D eigenvalue weighted by molar-refractivity contribution is -0.00944. The van der Waals surface area contributed by atoms with Gasteiger partial charge in [-0.15, -0.1) is 6.42 Å². The van der Waals surface area contributed by atoms with Gasteiger partial charge in [0.25, 0.3) is 0 Å². The van der Waals surface area contributed by atoms with Crippen LogP contribution in [0.3, 0.4) is 0 Å². The molecule has 1 heterocycles. The molecule has 0 saturated heterocycles. The van der Waals surface area contributed by atoms with Crippen molar-refractivity contribution in [2.45, 2.75) is 26.4 Å². The molecule has 3 heteroatoms. The minimum atomic E-state index is -1.33. The molecule has 0 amide bonds. The molecule has 74 valence electrons. The van der Waals surface area contributed by atoms with Crippen LogP contribution in [0, 0.1) is 17.8 Å². The minimum Gasteiger partial charge on any atom is -0.373 e. The summed E-state index contributed by atoms with van der Waals surface area (Å²) in [5, 5.41) is 10.3. The molecular formula is C11H14N2O. The summed E-state index contributed by atoms with van der Waals surface area (Å²) in [6, 6.07) is 0. The molecule has 0 aromatic carbocycles. The smallest absolute Gasteiger partial charge is 0.158 e. The van der Waals surface area contributed by atoms with Crippen LogP contribution in [0.1, 0.15) is 26.3 Å². The molecule has 0 aliphatic rings. The molecule has 3 nitrogen and oxygen atoms in total. The van der Waals surface area contributed by atoms with Gasteiger partial charge in [-0.1, -0.05) is 26.7 Å². The highest BCUT2D eigenvalue weighted by Gasteiger charge is 2.40. The Morgan fingerprint density at radius 1 is 1.29 bits per heavy atom. The van der Waals surface area contributed by atoms with E-state index in [0.29, 0.717) is 5.56 Å². The van der Waals surface area contributed by atoms with Crippen molar-refractivity contribution in [3.8, 4) is 12.3 Å². The van der Waals surface area contributed by atoms with Gasteiger partial charge in [-0.25, -0.2) is 9.97 Å². The predicted octanol–water partition coefficient (Wildman–Crippen LogP) is 1.34. The van der Waals surface area contributed by atoms with Gasteiger partial charge in [0.05, 0.1) is 0 Å². The van der Waals surface area contributed by atoms with Gasteiger partial charge < -0.3 is 5.11 Å². The third-order valence-electron chi connectivity index (χ3n) is 2.27. The Kier molecular flexibility index (Phi) is 2.59. The zero-order valence-electron chi connectivity index (χ0n) is 8.65. The standard InChI is InChI=1S/C11H14N2O/c1-5-11(14,10(2,3)4)9-6-12-8-13-7-9/h1,6-8,14H,2-4H3. The summed E-state index contributed by atoms with van der Waals surface area (Å²) >= 11 is 0. The maximum atomic E-state index is 10.3. The van der Waals surface area contributed by atoms with Gasteiger partial charge in [-0.2, -0.15) is 0 Å². The monoisotopic (exact) mass is 190 g/mol. The highest BCUT2D eigenvalue weighted by Crippen LogP contribution is 2.37. The van der Waals surface area contributed by atoms with Crippen LogP contribution in [-0.4, -0.2) is 15.1 Å². The topological polar surface area (TPSA) is 46.0 Å². The average molecular weight is 190 g/mol. The van der Waals surface area contributed by atoms with Crippen molar-refractivity contribution in [3.05, 3.63) is 24.3 Å². The van der Waals surface area contributed by atoms with Gasteiger partial charge in [-0.05, 0) is 0 Å². The quantitative estimate of drug-likeness (QED) is 0.680. The van der Waals surface area contributed by atoms with Gasteiger partial charge in [0.15, 0.2) is 5.60 Å². The summed E-state index contributed by atoms with van der Waals surface area (Å²) in [4.78, 5) is 7.69. The van der Waals surface area contributed by atoms with Crippen LogP contribution in [0.2, 0.25) is 0 Å². The molecule has 14 heavy (non-hydrogen) atoms. The van der Waals surface area contributed by atoms with Gasteiger partial charge in [0.2, 0.25) is 0 Å². The third-order valence-corrected chi connectivity index (χ3v) is 2.27. The Morgan fingerprint density at radius 2 is 1.79 bits per heavy atom. The summed E-state index contributed by atoms with van der Waals surface area (Å²) < 4.78 is 0. The zero-order valence-corrected chi connectivity index (χ0v) is 8.65. The molecule has 0 aliphatic carbocycles. The van der Waals surface area contributed by atoms with Crippen molar-refractivity contribution >= 4 is 0 Å². The molecule has 1 aromatic rings. The number of terminal acetylenes is 1. The Labute approximate surface area is 84.2 Å². The molecule has 0 aliphatic heterocycles. The van der Waals surface area contributed by atoms with Gasteiger partial charge in [0.1, 0.15) is 6.33 Å². The third kappa shape index (κ3) is 1.61. The first-order valence-corrected chi connectivity index (χ1v) is 4.37. The van der Waals surface area contributed by atoms with E-state index < -0.39 is 11.0 Å². The molecule has 1 rings (SSSR count). The van der Waals surface area contributed by atoms with Crippen molar-refractivity contribution in [1.82, 2.24) is 9.97 Å². The van der Waals surface area contributed by atoms with Crippen molar-refractivity contribution in [1.29, 1.82) is 0 Å². The van der Waals surface area contributed by atoms with E-state index in [2.05, 4.69) is 15.9 Å². The molecule has 0 fully saturated rings. The van der Waals surface area contributed by atoms with E-state index in [4.69, 9.17) is 6.42 Å². The van der Waals surface area contributed by atoms with E-state index in [1.165, 1.54) is 18.7 Å². The van der Waals surface area contributed by atoms with E-state index in [-0.39, 0.29) is 0 Å². The summed E-state index contributed by atoms with van der Waals surface area (Å²) in [5.74, 6) is 2.41. The molecule has 1 atom stereocenters. The van der Waals surface area contributed by atoms with Crippen LogP contribution in [0.25, 0.3) is 0 Å². The molecule has 0 bridgehead atoms. The van der Waals surface area contributed by atoms with Gasteiger partial charge in [-0.3, -0.25) is 0 Å². The van der Waals surface area contributed by atoms with Crippen LogP contribution >= 0.6 is 0 Å². The SMILES string of the molecule is C#CC(O)(c1cncnc1)C(C)(C)C. The highest BCUT2D eigenvalue weighted by atomic mass is 16.3. The maximum absolute atomic E-state index is 10.3. The van der Waals surface area contributed by atoms with E-state index in [1.54, 1.807) is 0 Å². The first kappa shape index (κ1) is 10.7. The van der Waals surface area contributed by atoms with Crippen LogP contribution in [0.4, 0.5) is 0 Å². The fourth-order valence-corrected chi connectivity index (χ4v) is 1.22. The van der Waals surface area contributed by atoms with E-state index in [1.807, 2.05) is 20.8 Å². The maximum Gasteiger partial charge on any atom is 0.158 e. The average Bonchev–Trinajstić information content (AvgIpc) is 2.16. The van der Waals surface area contributed by atoms with Crippen molar-refractivity contribution in [2.24, 2.45) is 5.41 Å². The van der Waals surface area contributed by atoms with Crippen LogP contribution < -0.4 is 0 Å². The summed E-state index contributed by atoms with van der Waals surface area (Å²) in [6.45, 7) is 5.62. The molecule has 1 aromatic heterocycles. The molecule has 1 unspecified atom stereocenters. The Balaban J connectivity index is 3.25. The van der Waals surface area contributed by atoms with Crippen molar-refractivity contribution < 1.29 is 5.11 Å². The second-order valence-corrected chi connectivity index (χ2v) is 4.23. The fraction of sp³-hybridized carbons (Fsp3) is 0.455. The fourth-order valence-electron chi connectivity index (χ4n) is 1.22. The van der Waals surface area contributed by atoms with Crippen molar-refractivity contribution in [2.75, 3.05) is 0 Å². The second-order valence-electron chi connectivity index (χ2n) is 4.23. The van der Waals surface area contributed by atoms with E-state index in [0.717, 1.165) is 0 Å². The number of nitrogens with zero attached hydrogens (tertiary/aromatic N) is 2. The Bertz CT molecular complexity index is 348. The summed E-state index contributed by atoms with van der Waals surface area (Å²) in [6.07, 6.45) is 9.86. The molecule has 0 saturated carbocycles. The number of aliphatic hydroxyl groups is 1. The number of rotatable bonds is 1. The largest absolute Gasteiger partial charge is 0.373 e. The summed E-state index contributed by atoms with van der Waals surface area (Å²) in [7, 11) is 0.